The van der Waals surface area contributed by atoms with Gasteiger partial charge in [0, 0.05) is 46.0 Å². The monoisotopic (exact) mass is 397 g/mol. The number of hydrogen-bond acceptors (Lipinski definition) is 2. The fraction of sp³-hybridized carbons (Fsp3) is 0.364. The summed E-state index contributed by atoms with van der Waals surface area (Å²) in [6, 6.07) is 14.2. The Balaban J connectivity index is 1.54. The molecule has 0 saturated carbocycles. The molecule has 6 nitrogen and oxygen atoms in total. The molecular weight excluding hydrogens is 369 g/mol. The van der Waals surface area contributed by atoms with E-state index in [2.05, 4.69) is 15.6 Å². The van der Waals surface area contributed by atoms with Crippen molar-refractivity contribution in [3.63, 3.8) is 0 Å². The SMILES string of the molecule is CN=C(NCc1cccc(NC(=O)N2CCCC2)c1)N(C)Cc1ccc(F)cc1. The molecule has 0 atom stereocenters. The summed E-state index contributed by atoms with van der Waals surface area (Å²) in [6.45, 7) is 2.84. The molecule has 0 bridgehead atoms. The number of benzene rings is 2. The average Bonchev–Trinajstić information content (AvgIpc) is 3.26. The number of carbonyl (C=O) groups is 1. The number of guanidine groups is 1. The first-order valence-electron chi connectivity index (χ1n) is 9.86. The highest BCUT2D eigenvalue weighted by molar-refractivity contribution is 5.89. The van der Waals surface area contributed by atoms with Crippen LogP contribution in [0.2, 0.25) is 0 Å². The van der Waals surface area contributed by atoms with E-state index in [1.165, 1.54) is 12.1 Å². The maximum atomic E-state index is 13.1. The summed E-state index contributed by atoms with van der Waals surface area (Å²) in [6.07, 6.45) is 2.14. The van der Waals surface area contributed by atoms with Gasteiger partial charge in [-0.05, 0) is 48.2 Å². The van der Waals surface area contributed by atoms with Gasteiger partial charge in [0.1, 0.15) is 5.82 Å². The number of carbonyl (C=O) groups excluding carboxylic acids is 1. The summed E-state index contributed by atoms with van der Waals surface area (Å²) in [5.41, 5.74) is 2.83. The number of anilines is 1. The average molecular weight is 397 g/mol. The van der Waals surface area contributed by atoms with E-state index in [0.717, 1.165) is 48.7 Å². The minimum atomic E-state index is -0.240. The molecule has 0 radical (unpaired) electrons. The summed E-state index contributed by atoms with van der Waals surface area (Å²) in [7, 11) is 3.67. The van der Waals surface area contributed by atoms with Crippen molar-refractivity contribution in [2.24, 2.45) is 4.99 Å². The largest absolute Gasteiger partial charge is 0.352 e. The summed E-state index contributed by atoms with van der Waals surface area (Å²) in [5, 5.41) is 6.31. The topological polar surface area (TPSA) is 60.0 Å². The maximum absolute atomic E-state index is 13.1. The van der Waals surface area contributed by atoms with Crippen LogP contribution in [0.4, 0.5) is 14.9 Å². The number of nitrogens with zero attached hydrogens (tertiary/aromatic N) is 3. The summed E-state index contributed by atoms with van der Waals surface area (Å²) < 4.78 is 13.1. The summed E-state index contributed by atoms with van der Waals surface area (Å²) in [5.74, 6) is 0.497. The minimum Gasteiger partial charge on any atom is -0.352 e. The molecule has 2 aromatic rings. The van der Waals surface area contributed by atoms with E-state index in [-0.39, 0.29) is 11.8 Å². The van der Waals surface area contributed by atoms with E-state index >= 15 is 0 Å². The molecule has 29 heavy (non-hydrogen) atoms. The third kappa shape index (κ3) is 5.94. The Morgan fingerprint density at radius 3 is 2.55 bits per heavy atom. The molecule has 0 unspecified atom stereocenters. The molecule has 2 N–H and O–H groups in total. The van der Waals surface area contributed by atoms with Gasteiger partial charge in [-0.15, -0.1) is 0 Å². The van der Waals surface area contributed by atoms with Crippen LogP contribution >= 0.6 is 0 Å². The summed E-state index contributed by atoms with van der Waals surface area (Å²) >= 11 is 0. The van der Waals surface area contributed by atoms with Crippen molar-refractivity contribution < 1.29 is 9.18 Å². The lowest BCUT2D eigenvalue weighted by molar-refractivity contribution is 0.222. The first kappa shape index (κ1) is 20.6. The van der Waals surface area contributed by atoms with Gasteiger partial charge in [0.25, 0.3) is 0 Å². The first-order valence-corrected chi connectivity index (χ1v) is 9.86. The molecule has 1 aliphatic heterocycles. The molecule has 0 aromatic heterocycles. The van der Waals surface area contributed by atoms with E-state index in [1.54, 1.807) is 19.2 Å². The van der Waals surface area contributed by atoms with Gasteiger partial charge in [-0.1, -0.05) is 24.3 Å². The van der Waals surface area contributed by atoms with Crippen molar-refractivity contribution in [3.8, 4) is 0 Å². The lowest BCUT2D eigenvalue weighted by Crippen LogP contribution is -2.38. The zero-order chi connectivity index (χ0) is 20.6. The van der Waals surface area contributed by atoms with Crippen LogP contribution in [-0.2, 0) is 13.1 Å². The second kappa shape index (κ2) is 9.91. The standard InChI is InChI=1S/C22H28FN5O/c1-24-21(27(2)16-17-8-10-19(23)11-9-17)25-15-18-6-5-7-20(14-18)26-22(29)28-12-3-4-13-28/h5-11,14H,3-4,12-13,15-16H2,1-2H3,(H,24,25)(H,26,29). The fourth-order valence-corrected chi connectivity index (χ4v) is 3.39. The van der Waals surface area contributed by atoms with E-state index in [1.807, 2.05) is 41.1 Å². The highest BCUT2D eigenvalue weighted by Gasteiger charge is 2.17. The van der Waals surface area contributed by atoms with Crippen LogP contribution in [0.15, 0.2) is 53.5 Å². The zero-order valence-corrected chi connectivity index (χ0v) is 17.0. The number of hydrogen-bond donors (Lipinski definition) is 2. The van der Waals surface area contributed by atoms with Gasteiger partial charge in [0.15, 0.2) is 5.96 Å². The molecule has 3 rings (SSSR count). The minimum absolute atomic E-state index is 0.0394. The van der Waals surface area contributed by atoms with E-state index in [0.29, 0.717) is 13.1 Å². The first-order chi connectivity index (χ1) is 14.0. The molecule has 2 amide bonds. The molecule has 0 aliphatic carbocycles. The number of urea groups is 1. The second-order valence-corrected chi connectivity index (χ2v) is 7.21. The van der Waals surface area contributed by atoms with Crippen molar-refractivity contribution in [2.45, 2.75) is 25.9 Å². The van der Waals surface area contributed by atoms with Crippen LogP contribution in [0.25, 0.3) is 0 Å². The van der Waals surface area contributed by atoms with Crippen molar-refractivity contribution in [1.82, 2.24) is 15.1 Å². The van der Waals surface area contributed by atoms with Crippen LogP contribution in [-0.4, -0.2) is 49.0 Å². The molecule has 1 aliphatic rings. The molecule has 154 valence electrons. The lowest BCUT2D eigenvalue weighted by atomic mass is 10.2. The van der Waals surface area contributed by atoms with Crippen LogP contribution in [0, 0.1) is 5.82 Å². The van der Waals surface area contributed by atoms with E-state index < -0.39 is 0 Å². The van der Waals surface area contributed by atoms with Gasteiger partial charge in [-0.3, -0.25) is 4.99 Å². The van der Waals surface area contributed by atoms with E-state index in [9.17, 15) is 9.18 Å². The third-order valence-corrected chi connectivity index (χ3v) is 4.93. The number of rotatable bonds is 5. The normalized spacial score (nSPS) is 14.0. The molecule has 1 heterocycles. The van der Waals surface area contributed by atoms with Crippen LogP contribution in [0.3, 0.4) is 0 Å². The smallest absolute Gasteiger partial charge is 0.321 e. The number of halogens is 1. The molecular formula is C22H28FN5O. The summed E-state index contributed by atoms with van der Waals surface area (Å²) in [4.78, 5) is 20.4. The van der Waals surface area contributed by atoms with Crippen molar-refractivity contribution in [3.05, 3.63) is 65.5 Å². The number of nitrogens with one attached hydrogen (secondary N) is 2. The highest BCUT2D eigenvalue weighted by Crippen LogP contribution is 2.14. The quantitative estimate of drug-likeness (QED) is 0.598. The van der Waals surface area contributed by atoms with Crippen LogP contribution < -0.4 is 10.6 Å². The predicted octanol–water partition coefficient (Wildman–Crippen LogP) is 3.66. The Morgan fingerprint density at radius 2 is 1.86 bits per heavy atom. The number of likely N-dealkylation sites (tertiary alicyclic amines) is 1. The van der Waals surface area contributed by atoms with Gasteiger partial charge < -0.3 is 20.4 Å². The zero-order valence-electron chi connectivity index (χ0n) is 17.0. The van der Waals surface area contributed by atoms with Crippen molar-refractivity contribution in [1.29, 1.82) is 0 Å². The molecule has 1 fully saturated rings. The molecule has 1 saturated heterocycles. The Bertz CT molecular complexity index is 847. The highest BCUT2D eigenvalue weighted by atomic mass is 19.1. The molecule has 7 heteroatoms. The molecule has 0 spiro atoms. The maximum Gasteiger partial charge on any atom is 0.321 e. The second-order valence-electron chi connectivity index (χ2n) is 7.21. The van der Waals surface area contributed by atoms with Crippen LogP contribution in [0.5, 0.6) is 0 Å². The van der Waals surface area contributed by atoms with Gasteiger partial charge in [-0.2, -0.15) is 0 Å². The lowest BCUT2D eigenvalue weighted by Gasteiger charge is -2.22. The van der Waals surface area contributed by atoms with Crippen molar-refractivity contribution >= 4 is 17.7 Å². The number of aliphatic imine (C=N–C) groups is 1. The Kier molecular flexibility index (Phi) is 7.05. The van der Waals surface area contributed by atoms with Gasteiger partial charge in [0.05, 0.1) is 0 Å². The molecule has 2 aromatic carbocycles. The fourth-order valence-electron chi connectivity index (χ4n) is 3.39. The Hall–Kier alpha value is -3.09. The van der Waals surface area contributed by atoms with Gasteiger partial charge >= 0.3 is 6.03 Å². The van der Waals surface area contributed by atoms with E-state index in [4.69, 9.17) is 0 Å². The Labute approximate surface area is 171 Å². The van der Waals surface area contributed by atoms with Crippen molar-refractivity contribution in [2.75, 3.05) is 32.5 Å². The van der Waals surface area contributed by atoms with Gasteiger partial charge in [-0.25, -0.2) is 9.18 Å². The number of amides is 2. The third-order valence-electron chi connectivity index (χ3n) is 4.93. The Morgan fingerprint density at radius 1 is 1.14 bits per heavy atom. The van der Waals surface area contributed by atoms with Gasteiger partial charge in [0.2, 0.25) is 0 Å². The predicted molar refractivity (Wildman–Crippen MR) is 114 cm³/mol. The van der Waals surface area contributed by atoms with Crippen LogP contribution in [0.1, 0.15) is 24.0 Å².